The van der Waals surface area contributed by atoms with Gasteiger partial charge in [-0.2, -0.15) is 0 Å². The van der Waals surface area contributed by atoms with Gasteiger partial charge in [-0.15, -0.1) is 0 Å². The monoisotopic (exact) mass is 368 g/mol. The highest BCUT2D eigenvalue weighted by Gasteiger charge is 2.42. The van der Waals surface area contributed by atoms with Gasteiger partial charge in [0.15, 0.2) is 0 Å². The Bertz CT molecular complexity index is 764. The zero-order valence-electron chi connectivity index (χ0n) is 11.7. The number of nitrogens with zero attached hydrogens (tertiary/aromatic N) is 1. The van der Waals surface area contributed by atoms with Crippen LogP contribution in [-0.2, 0) is 5.66 Å². The Kier molecular flexibility index (Phi) is 4.00. The number of halogens is 2. The molecule has 2 rings (SSSR count). The van der Waals surface area contributed by atoms with Gasteiger partial charge in [0.05, 0.1) is 4.47 Å². The molecule has 1 aromatic rings. The molecule has 0 radical (unpaired) electrons. The third-order valence-corrected chi connectivity index (χ3v) is 4.14. The number of amides is 1. The second-order valence-corrected chi connectivity index (χ2v) is 6.28. The number of hydrogen-bond acceptors (Lipinski definition) is 2. The molecular weight excluding hydrogens is 356 g/mol. The average molecular weight is 370 g/mol. The Balaban J connectivity index is 2.85. The van der Waals surface area contributed by atoms with E-state index in [1.807, 2.05) is 0 Å². The van der Waals surface area contributed by atoms with E-state index >= 15 is 0 Å². The van der Waals surface area contributed by atoms with E-state index in [-0.39, 0.29) is 16.5 Å². The molecule has 1 amide bonds. The number of rotatable bonds is 3. The van der Waals surface area contributed by atoms with E-state index in [4.69, 9.17) is 11.6 Å². The molecule has 1 aliphatic heterocycles. The predicted molar refractivity (Wildman–Crippen MR) is 87.5 cm³/mol. The van der Waals surface area contributed by atoms with Crippen molar-refractivity contribution < 1.29 is 4.79 Å². The molecule has 0 fully saturated rings. The molecule has 0 spiro atoms. The number of aryl methyl sites for hydroxylation is 1. The smallest absolute Gasteiger partial charge is 0.270 e. The van der Waals surface area contributed by atoms with E-state index in [0.717, 1.165) is 0 Å². The number of fused-ring (bicyclic) bond motifs is 1. The molecule has 0 bridgehead atoms. The Labute approximate surface area is 135 Å². The Morgan fingerprint density at radius 3 is 2.67 bits per heavy atom. The summed E-state index contributed by atoms with van der Waals surface area (Å²) in [5.41, 5.74) is 0.255. The molecule has 0 aliphatic carbocycles. The van der Waals surface area contributed by atoms with Crippen molar-refractivity contribution in [1.82, 2.24) is 9.88 Å². The van der Waals surface area contributed by atoms with Crippen molar-refractivity contribution in [3.05, 3.63) is 68.1 Å². The van der Waals surface area contributed by atoms with Gasteiger partial charge in [0.2, 0.25) is 0 Å². The maximum absolute atomic E-state index is 12.5. The first-order chi connectivity index (χ1) is 9.72. The minimum Gasteiger partial charge on any atom is -0.324 e. The van der Waals surface area contributed by atoms with Crippen LogP contribution in [-0.4, -0.2) is 10.5 Å². The molecule has 1 aromatic heterocycles. The third kappa shape index (κ3) is 2.40. The first kappa shape index (κ1) is 15.8. The SMILES string of the molecule is C=C/C(=C\C(=C)Cl)C1(C)NC(=O)c2c(C)cc(Br)c(=O)n21. The summed E-state index contributed by atoms with van der Waals surface area (Å²) in [7, 11) is 0. The van der Waals surface area contributed by atoms with Crippen molar-refractivity contribution in [3.8, 4) is 0 Å². The summed E-state index contributed by atoms with van der Waals surface area (Å²) in [6.45, 7) is 10.8. The van der Waals surface area contributed by atoms with E-state index in [1.165, 1.54) is 4.57 Å². The third-order valence-electron chi connectivity index (χ3n) is 3.46. The summed E-state index contributed by atoms with van der Waals surface area (Å²) in [5.74, 6) is -0.312. The van der Waals surface area contributed by atoms with Crippen LogP contribution in [0.5, 0.6) is 0 Å². The quantitative estimate of drug-likeness (QED) is 0.832. The lowest BCUT2D eigenvalue weighted by molar-refractivity contribution is 0.0941. The normalized spacial score (nSPS) is 21.0. The summed E-state index contributed by atoms with van der Waals surface area (Å²) >= 11 is 9.06. The summed E-state index contributed by atoms with van der Waals surface area (Å²) in [5, 5.41) is 3.11. The lowest BCUT2D eigenvalue weighted by Gasteiger charge is -2.28. The number of hydrogen-bond donors (Lipinski definition) is 1. The van der Waals surface area contributed by atoms with Gasteiger partial charge in [0, 0.05) is 5.03 Å². The molecular formula is C15H14BrClN2O2. The summed E-state index contributed by atoms with van der Waals surface area (Å²) < 4.78 is 1.81. The molecule has 1 atom stereocenters. The Morgan fingerprint density at radius 1 is 1.52 bits per heavy atom. The zero-order valence-corrected chi connectivity index (χ0v) is 14.0. The molecule has 6 heteroatoms. The Morgan fingerprint density at radius 2 is 2.14 bits per heavy atom. The van der Waals surface area contributed by atoms with Gasteiger partial charge in [-0.1, -0.05) is 30.8 Å². The molecule has 0 aromatic carbocycles. The van der Waals surface area contributed by atoms with Crippen LogP contribution >= 0.6 is 27.5 Å². The molecule has 1 N–H and O–H groups in total. The summed E-state index contributed by atoms with van der Waals surface area (Å²) in [6, 6.07) is 1.64. The van der Waals surface area contributed by atoms with Crippen LogP contribution in [0.1, 0.15) is 23.0 Å². The van der Waals surface area contributed by atoms with Gasteiger partial charge in [-0.25, -0.2) is 0 Å². The maximum Gasteiger partial charge on any atom is 0.270 e. The van der Waals surface area contributed by atoms with E-state index in [0.29, 0.717) is 21.3 Å². The highest BCUT2D eigenvalue weighted by molar-refractivity contribution is 9.10. The van der Waals surface area contributed by atoms with Gasteiger partial charge >= 0.3 is 0 Å². The molecule has 1 unspecified atom stereocenters. The van der Waals surface area contributed by atoms with Crippen molar-refractivity contribution in [3.63, 3.8) is 0 Å². The van der Waals surface area contributed by atoms with E-state index in [9.17, 15) is 9.59 Å². The number of nitrogens with one attached hydrogen (secondary N) is 1. The van der Waals surface area contributed by atoms with Crippen LogP contribution in [0.2, 0.25) is 0 Å². The van der Waals surface area contributed by atoms with E-state index in [1.54, 1.807) is 32.1 Å². The lowest BCUT2D eigenvalue weighted by atomic mass is 10.0. The highest BCUT2D eigenvalue weighted by Crippen LogP contribution is 2.32. The van der Waals surface area contributed by atoms with Crippen LogP contribution < -0.4 is 10.9 Å². The number of carbonyl (C=O) groups is 1. The van der Waals surface area contributed by atoms with E-state index in [2.05, 4.69) is 34.4 Å². The minimum absolute atomic E-state index is 0.286. The van der Waals surface area contributed by atoms with Crippen LogP contribution in [0.15, 0.2) is 51.2 Å². The molecule has 110 valence electrons. The van der Waals surface area contributed by atoms with Crippen molar-refractivity contribution in [1.29, 1.82) is 0 Å². The van der Waals surface area contributed by atoms with Crippen molar-refractivity contribution in [2.24, 2.45) is 0 Å². The number of pyridine rings is 1. The van der Waals surface area contributed by atoms with Gasteiger partial charge < -0.3 is 5.32 Å². The molecule has 0 saturated heterocycles. The standard InChI is InChI=1S/C15H14BrClN2O2/c1-5-10(7-9(3)17)15(4)18-13(20)12-8(2)6-11(16)14(21)19(12)15/h5-7H,1,3H2,2,4H3,(H,18,20)/b10-7+. The molecule has 1 aliphatic rings. The largest absolute Gasteiger partial charge is 0.324 e. The molecule has 0 saturated carbocycles. The van der Waals surface area contributed by atoms with Crippen LogP contribution in [0, 0.1) is 6.92 Å². The topological polar surface area (TPSA) is 51.1 Å². The van der Waals surface area contributed by atoms with Crippen LogP contribution in [0.25, 0.3) is 0 Å². The van der Waals surface area contributed by atoms with Crippen LogP contribution in [0.3, 0.4) is 0 Å². The van der Waals surface area contributed by atoms with Gasteiger partial charge in [-0.3, -0.25) is 14.2 Å². The van der Waals surface area contributed by atoms with E-state index < -0.39 is 5.66 Å². The number of carbonyl (C=O) groups excluding carboxylic acids is 1. The fraction of sp³-hybridized carbons (Fsp3) is 0.200. The second-order valence-electron chi connectivity index (χ2n) is 4.94. The van der Waals surface area contributed by atoms with Gasteiger partial charge in [0.25, 0.3) is 11.5 Å². The van der Waals surface area contributed by atoms with Crippen molar-refractivity contribution in [2.45, 2.75) is 19.5 Å². The fourth-order valence-corrected chi connectivity index (χ4v) is 3.15. The van der Waals surface area contributed by atoms with Crippen LogP contribution in [0.4, 0.5) is 0 Å². The number of aromatic nitrogens is 1. The van der Waals surface area contributed by atoms with Gasteiger partial charge in [0.1, 0.15) is 11.4 Å². The number of allylic oxidation sites excluding steroid dienone is 2. The maximum atomic E-state index is 12.5. The first-order valence-corrected chi connectivity index (χ1v) is 7.33. The van der Waals surface area contributed by atoms with Crippen molar-refractivity contribution in [2.75, 3.05) is 0 Å². The molecule has 2 heterocycles. The minimum atomic E-state index is -1.06. The van der Waals surface area contributed by atoms with Crippen molar-refractivity contribution >= 4 is 33.4 Å². The fourth-order valence-electron chi connectivity index (χ4n) is 2.52. The lowest BCUT2D eigenvalue weighted by Crippen LogP contribution is -2.46. The molecule has 4 nitrogen and oxygen atoms in total. The highest BCUT2D eigenvalue weighted by atomic mass is 79.9. The zero-order chi connectivity index (χ0) is 15.9. The summed E-state index contributed by atoms with van der Waals surface area (Å²) in [4.78, 5) is 24.8. The van der Waals surface area contributed by atoms with Gasteiger partial charge in [-0.05, 0) is 53.1 Å². The first-order valence-electron chi connectivity index (χ1n) is 6.16. The summed E-state index contributed by atoms with van der Waals surface area (Å²) in [6.07, 6.45) is 3.12. The Hall–Kier alpha value is -1.59. The second kappa shape index (κ2) is 5.31. The average Bonchev–Trinajstić information content (AvgIpc) is 2.66. The molecule has 21 heavy (non-hydrogen) atoms. The predicted octanol–water partition coefficient (Wildman–Crippen LogP) is 3.20.